The first-order chi connectivity index (χ1) is 11.5. The topological polar surface area (TPSA) is 86.2 Å². The number of esters is 1. The number of hydrogen-bond acceptors (Lipinski definition) is 7. The number of rotatable bonds is 6. The molecule has 0 atom stereocenters. The number of hydrazone groups is 1. The summed E-state index contributed by atoms with van der Waals surface area (Å²) in [6.07, 6.45) is 1.44. The second-order valence-electron chi connectivity index (χ2n) is 4.52. The van der Waals surface area contributed by atoms with Crippen LogP contribution in [0, 0.1) is 0 Å². The van der Waals surface area contributed by atoms with Gasteiger partial charge in [0.25, 0.3) is 5.91 Å². The van der Waals surface area contributed by atoms with Crippen LogP contribution in [0.5, 0.6) is 17.2 Å². The van der Waals surface area contributed by atoms with Crippen LogP contribution >= 0.6 is 11.3 Å². The van der Waals surface area contributed by atoms with Crippen LogP contribution in [-0.4, -0.2) is 32.3 Å². The Kier molecular flexibility index (Phi) is 5.91. The Morgan fingerprint density at radius 3 is 2.38 bits per heavy atom. The van der Waals surface area contributed by atoms with Crippen molar-refractivity contribution in [3.63, 3.8) is 0 Å². The lowest BCUT2D eigenvalue weighted by Crippen LogP contribution is -2.16. The van der Waals surface area contributed by atoms with Crippen molar-refractivity contribution in [1.82, 2.24) is 5.43 Å². The van der Waals surface area contributed by atoms with E-state index < -0.39 is 5.97 Å². The highest BCUT2D eigenvalue weighted by Gasteiger charge is 2.15. The highest BCUT2D eigenvalue weighted by molar-refractivity contribution is 7.12. The molecule has 1 aromatic carbocycles. The highest BCUT2D eigenvalue weighted by atomic mass is 32.1. The van der Waals surface area contributed by atoms with Gasteiger partial charge < -0.3 is 14.2 Å². The number of carbonyl (C=O) groups is 2. The maximum absolute atomic E-state index is 11.8. The first-order valence-corrected chi connectivity index (χ1v) is 7.74. The zero-order valence-corrected chi connectivity index (χ0v) is 14.2. The molecule has 126 valence electrons. The molecule has 0 aliphatic carbocycles. The molecule has 1 heterocycles. The number of ether oxygens (including phenoxy) is 3. The summed E-state index contributed by atoms with van der Waals surface area (Å²) in [6.45, 7) is 1.29. The summed E-state index contributed by atoms with van der Waals surface area (Å²) < 4.78 is 15.5. The number of benzene rings is 1. The molecule has 8 heteroatoms. The molecule has 1 amide bonds. The number of methoxy groups -OCH3 is 2. The quantitative estimate of drug-likeness (QED) is 0.375. The van der Waals surface area contributed by atoms with E-state index in [4.69, 9.17) is 14.2 Å². The predicted octanol–water partition coefficient (Wildman–Crippen LogP) is 2.45. The number of nitrogens with zero attached hydrogens (tertiary/aromatic N) is 1. The van der Waals surface area contributed by atoms with E-state index >= 15 is 0 Å². The average molecular weight is 348 g/mol. The maximum Gasteiger partial charge on any atom is 0.308 e. The van der Waals surface area contributed by atoms with E-state index in [0.717, 1.165) is 0 Å². The van der Waals surface area contributed by atoms with Crippen LogP contribution in [0.1, 0.15) is 22.2 Å². The van der Waals surface area contributed by atoms with Crippen LogP contribution < -0.4 is 19.6 Å². The Morgan fingerprint density at radius 1 is 1.21 bits per heavy atom. The maximum atomic E-state index is 11.8. The third-order valence-corrected chi connectivity index (χ3v) is 3.72. The van der Waals surface area contributed by atoms with Gasteiger partial charge in [0.1, 0.15) is 0 Å². The summed E-state index contributed by atoms with van der Waals surface area (Å²) >= 11 is 1.32. The van der Waals surface area contributed by atoms with E-state index in [1.807, 2.05) is 5.38 Å². The Balaban J connectivity index is 2.19. The summed E-state index contributed by atoms with van der Waals surface area (Å²) in [5.74, 6) is 0.0337. The molecule has 0 radical (unpaired) electrons. The van der Waals surface area contributed by atoms with Crippen LogP contribution in [0.15, 0.2) is 34.7 Å². The molecule has 0 bridgehead atoms. The third kappa shape index (κ3) is 4.32. The van der Waals surface area contributed by atoms with Gasteiger partial charge >= 0.3 is 5.97 Å². The molecular formula is C16H16N2O5S. The third-order valence-electron chi connectivity index (χ3n) is 2.85. The lowest BCUT2D eigenvalue weighted by Gasteiger charge is -2.13. The van der Waals surface area contributed by atoms with Gasteiger partial charge in [-0.25, -0.2) is 5.43 Å². The minimum atomic E-state index is -0.490. The molecule has 2 rings (SSSR count). The Bertz CT molecular complexity index is 731. The fourth-order valence-electron chi connectivity index (χ4n) is 1.85. The number of thiophene rings is 1. The summed E-state index contributed by atoms with van der Waals surface area (Å²) in [5, 5.41) is 5.71. The average Bonchev–Trinajstić information content (AvgIpc) is 3.09. The van der Waals surface area contributed by atoms with Crippen LogP contribution in [-0.2, 0) is 4.79 Å². The molecule has 0 aliphatic heterocycles. The van der Waals surface area contributed by atoms with Crippen LogP contribution in [0.4, 0.5) is 0 Å². The fourth-order valence-corrected chi connectivity index (χ4v) is 2.46. The fraction of sp³-hybridized carbons (Fsp3) is 0.188. The molecule has 0 unspecified atom stereocenters. The molecule has 1 N–H and O–H groups in total. The second kappa shape index (κ2) is 8.11. The Morgan fingerprint density at radius 2 is 1.88 bits per heavy atom. The number of nitrogens with one attached hydrogen (secondary N) is 1. The zero-order chi connectivity index (χ0) is 17.5. The summed E-state index contributed by atoms with van der Waals surface area (Å²) in [7, 11) is 2.89. The van der Waals surface area contributed by atoms with E-state index in [1.54, 1.807) is 24.3 Å². The van der Waals surface area contributed by atoms with Crippen LogP contribution in [0.3, 0.4) is 0 Å². The molecular weight excluding hydrogens is 332 g/mol. The van der Waals surface area contributed by atoms with Crippen LogP contribution in [0.25, 0.3) is 0 Å². The first kappa shape index (κ1) is 17.5. The van der Waals surface area contributed by atoms with Crippen molar-refractivity contribution in [1.29, 1.82) is 0 Å². The largest absolute Gasteiger partial charge is 0.493 e. The van der Waals surface area contributed by atoms with Crippen molar-refractivity contribution in [3.8, 4) is 17.2 Å². The molecule has 0 saturated carbocycles. The van der Waals surface area contributed by atoms with Gasteiger partial charge in [0.15, 0.2) is 11.5 Å². The predicted molar refractivity (Wildman–Crippen MR) is 90.2 cm³/mol. The van der Waals surface area contributed by atoms with Crippen molar-refractivity contribution in [2.45, 2.75) is 6.92 Å². The highest BCUT2D eigenvalue weighted by Crippen LogP contribution is 2.38. The summed E-state index contributed by atoms with van der Waals surface area (Å²) in [5.41, 5.74) is 3.03. The smallest absolute Gasteiger partial charge is 0.308 e. The lowest BCUT2D eigenvalue weighted by molar-refractivity contribution is -0.132. The van der Waals surface area contributed by atoms with Gasteiger partial charge in [-0.3, -0.25) is 9.59 Å². The summed E-state index contributed by atoms with van der Waals surface area (Å²) in [6, 6.07) is 6.71. The van der Waals surface area contributed by atoms with Crippen molar-refractivity contribution in [3.05, 3.63) is 40.1 Å². The van der Waals surface area contributed by atoms with Gasteiger partial charge in [-0.05, 0) is 23.6 Å². The molecule has 0 spiro atoms. The van der Waals surface area contributed by atoms with Crippen molar-refractivity contribution < 1.29 is 23.8 Å². The number of hydrogen-bond donors (Lipinski definition) is 1. The van der Waals surface area contributed by atoms with E-state index in [0.29, 0.717) is 21.9 Å². The molecule has 1 aromatic heterocycles. The molecule has 0 saturated heterocycles. The van der Waals surface area contributed by atoms with Gasteiger partial charge in [0, 0.05) is 12.5 Å². The number of carbonyl (C=O) groups excluding carboxylic acids is 2. The van der Waals surface area contributed by atoms with Crippen molar-refractivity contribution >= 4 is 29.4 Å². The Hall–Kier alpha value is -2.87. The normalized spacial score (nSPS) is 10.5. The monoisotopic (exact) mass is 348 g/mol. The van der Waals surface area contributed by atoms with Crippen molar-refractivity contribution in [2.24, 2.45) is 5.10 Å². The van der Waals surface area contributed by atoms with Crippen LogP contribution in [0.2, 0.25) is 0 Å². The van der Waals surface area contributed by atoms with Gasteiger partial charge in [-0.15, -0.1) is 11.3 Å². The molecule has 7 nitrogen and oxygen atoms in total. The van der Waals surface area contributed by atoms with E-state index in [9.17, 15) is 9.59 Å². The zero-order valence-electron chi connectivity index (χ0n) is 13.4. The standard InChI is InChI=1S/C16H16N2O5S/c1-10(19)23-15-12(21-2)7-11(8-13(15)22-3)9-17-18-16(20)14-5-4-6-24-14/h4-9H,1-3H3,(H,18,20). The molecule has 24 heavy (non-hydrogen) atoms. The summed E-state index contributed by atoms with van der Waals surface area (Å²) in [4.78, 5) is 23.5. The van der Waals surface area contributed by atoms with E-state index in [2.05, 4.69) is 10.5 Å². The van der Waals surface area contributed by atoms with Gasteiger partial charge in [0.2, 0.25) is 5.75 Å². The van der Waals surface area contributed by atoms with Gasteiger partial charge in [-0.1, -0.05) is 6.07 Å². The minimum absolute atomic E-state index is 0.187. The minimum Gasteiger partial charge on any atom is -0.493 e. The first-order valence-electron chi connectivity index (χ1n) is 6.86. The SMILES string of the molecule is COc1cc(C=NNC(=O)c2cccs2)cc(OC)c1OC(C)=O. The Labute approximate surface area is 142 Å². The van der Waals surface area contributed by atoms with Crippen molar-refractivity contribution in [2.75, 3.05) is 14.2 Å². The number of amides is 1. The lowest BCUT2D eigenvalue weighted by atomic mass is 10.2. The second-order valence-corrected chi connectivity index (χ2v) is 5.47. The van der Waals surface area contributed by atoms with Gasteiger partial charge in [-0.2, -0.15) is 5.10 Å². The molecule has 2 aromatic rings. The molecule has 0 fully saturated rings. The van der Waals surface area contributed by atoms with E-state index in [-0.39, 0.29) is 11.7 Å². The van der Waals surface area contributed by atoms with E-state index in [1.165, 1.54) is 38.7 Å². The van der Waals surface area contributed by atoms with Gasteiger partial charge in [0.05, 0.1) is 25.3 Å². The molecule has 0 aliphatic rings.